The SMILES string of the molecule is CCC(CC)C(CN=C(N)NCCCN1CCOCC1)N(C)C. The summed E-state index contributed by atoms with van der Waals surface area (Å²) >= 11 is 0. The molecule has 0 radical (unpaired) electrons. The largest absolute Gasteiger partial charge is 0.379 e. The molecule has 1 fully saturated rings. The van der Waals surface area contributed by atoms with Gasteiger partial charge in [-0.2, -0.15) is 0 Å². The molecule has 23 heavy (non-hydrogen) atoms. The second-order valence-corrected chi connectivity index (χ2v) is 6.57. The summed E-state index contributed by atoms with van der Waals surface area (Å²) < 4.78 is 5.36. The fourth-order valence-electron chi connectivity index (χ4n) is 3.16. The van der Waals surface area contributed by atoms with Crippen LogP contribution in [0.4, 0.5) is 0 Å². The molecule has 1 aliphatic heterocycles. The van der Waals surface area contributed by atoms with Crippen LogP contribution >= 0.6 is 0 Å². The first-order valence-corrected chi connectivity index (χ1v) is 9.08. The zero-order valence-electron chi connectivity index (χ0n) is 15.6. The van der Waals surface area contributed by atoms with Crippen molar-refractivity contribution in [1.29, 1.82) is 0 Å². The Labute approximate surface area is 142 Å². The summed E-state index contributed by atoms with van der Waals surface area (Å²) in [5, 5.41) is 3.24. The van der Waals surface area contributed by atoms with Gasteiger partial charge in [-0.3, -0.25) is 9.89 Å². The molecule has 0 amide bonds. The first kappa shape index (κ1) is 20.2. The van der Waals surface area contributed by atoms with E-state index in [1.807, 2.05) is 0 Å². The lowest BCUT2D eigenvalue weighted by Crippen LogP contribution is -2.41. The van der Waals surface area contributed by atoms with Gasteiger partial charge >= 0.3 is 0 Å². The molecule has 1 atom stereocenters. The first-order chi connectivity index (χ1) is 11.1. The van der Waals surface area contributed by atoms with Gasteiger partial charge in [0.15, 0.2) is 5.96 Å². The lowest BCUT2D eigenvalue weighted by Gasteiger charge is -2.30. The molecule has 1 heterocycles. The lowest BCUT2D eigenvalue weighted by atomic mass is 9.93. The molecule has 1 saturated heterocycles. The van der Waals surface area contributed by atoms with Gasteiger partial charge in [-0.1, -0.05) is 26.7 Å². The normalized spacial score (nSPS) is 18.6. The van der Waals surface area contributed by atoms with Crippen LogP contribution in [0.2, 0.25) is 0 Å². The van der Waals surface area contributed by atoms with Crippen molar-refractivity contribution in [3.8, 4) is 0 Å². The molecule has 0 bridgehead atoms. The number of likely N-dealkylation sites (N-methyl/N-ethyl adjacent to an activating group) is 1. The zero-order valence-corrected chi connectivity index (χ0v) is 15.6. The van der Waals surface area contributed by atoms with E-state index in [2.05, 4.69) is 48.1 Å². The number of morpholine rings is 1. The summed E-state index contributed by atoms with van der Waals surface area (Å²) in [4.78, 5) is 9.26. The Morgan fingerprint density at radius 1 is 1.26 bits per heavy atom. The van der Waals surface area contributed by atoms with Crippen molar-refractivity contribution in [2.45, 2.75) is 39.2 Å². The first-order valence-electron chi connectivity index (χ1n) is 9.08. The predicted octanol–water partition coefficient (Wildman–Crippen LogP) is 0.979. The van der Waals surface area contributed by atoms with Crippen molar-refractivity contribution in [2.24, 2.45) is 16.6 Å². The average Bonchev–Trinajstić information content (AvgIpc) is 2.56. The van der Waals surface area contributed by atoms with Crippen LogP contribution in [0.1, 0.15) is 33.1 Å². The Bertz CT molecular complexity index is 325. The second kappa shape index (κ2) is 11.6. The number of ether oxygens (including phenoxy) is 1. The topological polar surface area (TPSA) is 66.1 Å². The number of rotatable bonds is 10. The van der Waals surface area contributed by atoms with Gasteiger partial charge < -0.3 is 20.7 Å². The monoisotopic (exact) mass is 327 g/mol. The van der Waals surface area contributed by atoms with Gasteiger partial charge in [0.1, 0.15) is 0 Å². The number of nitrogens with two attached hydrogens (primary N) is 1. The van der Waals surface area contributed by atoms with Crippen molar-refractivity contribution < 1.29 is 4.74 Å². The van der Waals surface area contributed by atoms with Gasteiger partial charge in [-0.05, 0) is 33.0 Å². The molecule has 1 unspecified atom stereocenters. The van der Waals surface area contributed by atoms with E-state index in [4.69, 9.17) is 10.5 Å². The molecule has 0 aliphatic carbocycles. The van der Waals surface area contributed by atoms with Gasteiger partial charge in [0.2, 0.25) is 0 Å². The van der Waals surface area contributed by atoms with Crippen molar-refractivity contribution in [3.05, 3.63) is 0 Å². The summed E-state index contributed by atoms with van der Waals surface area (Å²) in [6.45, 7) is 11.1. The van der Waals surface area contributed by atoms with Gasteiger partial charge in [-0.15, -0.1) is 0 Å². The molecule has 136 valence electrons. The van der Waals surface area contributed by atoms with Gasteiger partial charge in [0.05, 0.1) is 19.8 Å². The molecule has 0 aromatic heterocycles. The van der Waals surface area contributed by atoms with E-state index < -0.39 is 0 Å². The molecule has 6 nitrogen and oxygen atoms in total. The Balaban J connectivity index is 2.26. The third kappa shape index (κ3) is 7.99. The van der Waals surface area contributed by atoms with E-state index in [-0.39, 0.29) is 0 Å². The van der Waals surface area contributed by atoms with Crippen LogP contribution in [0.25, 0.3) is 0 Å². The smallest absolute Gasteiger partial charge is 0.188 e. The third-order valence-electron chi connectivity index (χ3n) is 4.77. The lowest BCUT2D eigenvalue weighted by molar-refractivity contribution is 0.0376. The fourth-order valence-corrected chi connectivity index (χ4v) is 3.16. The Kier molecular flexibility index (Phi) is 10.2. The summed E-state index contributed by atoms with van der Waals surface area (Å²) in [5.41, 5.74) is 6.01. The standard InChI is InChI=1S/C17H37N5O/c1-5-15(6-2)16(21(3)4)14-20-17(18)19-8-7-9-22-10-12-23-13-11-22/h15-16H,5-14H2,1-4H3,(H3,18,19,20). The summed E-state index contributed by atoms with van der Waals surface area (Å²) in [6, 6.07) is 0.457. The zero-order chi connectivity index (χ0) is 17.1. The van der Waals surface area contributed by atoms with Crippen molar-refractivity contribution in [1.82, 2.24) is 15.1 Å². The molecule has 1 rings (SSSR count). The van der Waals surface area contributed by atoms with Crippen LogP contribution in [0.15, 0.2) is 4.99 Å². The van der Waals surface area contributed by atoms with Crippen LogP contribution in [0, 0.1) is 5.92 Å². The minimum atomic E-state index is 0.457. The number of hydrogen-bond donors (Lipinski definition) is 2. The highest BCUT2D eigenvalue weighted by Gasteiger charge is 2.20. The minimum Gasteiger partial charge on any atom is -0.379 e. The molecule has 0 saturated carbocycles. The highest BCUT2D eigenvalue weighted by Crippen LogP contribution is 2.17. The van der Waals surface area contributed by atoms with E-state index in [9.17, 15) is 0 Å². The van der Waals surface area contributed by atoms with Crippen molar-refractivity contribution in [3.63, 3.8) is 0 Å². The Hall–Kier alpha value is -0.850. The molecule has 3 N–H and O–H groups in total. The highest BCUT2D eigenvalue weighted by molar-refractivity contribution is 5.77. The van der Waals surface area contributed by atoms with E-state index in [0.29, 0.717) is 17.9 Å². The summed E-state index contributed by atoms with van der Waals surface area (Å²) in [5.74, 6) is 1.24. The van der Waals surface area contributed by atoms with E-state index in [1.54, 1.807) is 0 Å². The quantitative estimate of drug-likeness (QED) is 0.356. The van der Waals surface area contributed by atoms with Gasteiger partial charge in [0.25, 0.3) is 0 Å². The maximum absolute atomic E-state index is 6.01. The van der Waals surface area contributed by atoms with E-state index >= 15 is 0 Å². The average molecular weight is 328 g/mol. The van der Waals surface area contributed by atoms with Crippen LogP contribution in [-0.2, 0) is 4.74 Å². The summed E-state index contributed by atoms with van der Waals surface area (Å²) in [7, 11) is 4.26. The highest BCUT2D eigenvalue weighted by atomic mass is 16.5. The second-order valence-electron chi connectivity index (χ2n) is 6.57. The van der Waals surface area contributed by atoms with Crippen molar-refractivity contribution in [2.75, 3.05) is 60.0 Å². The number of aliphatic imine (C=N–C) groups is 1. The summed E-state index contributed by atoms with van der Waals surface area (Å²) in [6.07, 6.45) is 3.45. The van der Waals surface area contributed by atoms with Crippen LogP contribution in [-0.4, -0.2) is 81.8 Å². The number of nitrogens with zero attached hydrogens (tertiary/aromatic N) is 3. The fraction of sp³-hybridized carbons (Fsp3) is 0.941. The molecule has 1 aliphatic rings. The number of hydrogen-bond acceptors (Lipinski definition) is 4. The number of nitrogens with one attached hydrogen (secondary N) is 1. The maximum Gasteiger partial charge on any atom is 0.188 e. The number of guanidine groups is 1. The minimum absolute atomic E-state index is 0.457. The van der Waals surface area contributed by atoms with Gasteiger partial charge in [0, 0.05) is 25.7 Å². The molecular formula is C17H37N5O. The molecule has 0 aromatic carbocycles. The van der Waals surface area contributed by atoms with Crippen LogP contribution < -0.4 is 11.1 Å². The molecular weight excluding hydrogens is 290 g/mol. The molecule has 0 spiro atoms. The maximum atomic E-state index is 6.01. The Morgan fingerprint density at radius 3 is 2.48 bits per heavy atom. The van der Waals surface area contributed by atoms with Crippen LogP contribution in [0.5, 0.6) is 0 Å². The predicted molar refractivity (Wildman–Crippen MR) is 97.9 cm³/mol. The van der Waals surface area contributed by atoms with Gasteiger partial charge in [-0.25, -0.2) is 0 Å². The Morgan fingerprint density at radius 2 is 1.91 bits per heavy atom. The third-order valence-corrected chi connectivity index (χ3v) is 4.77. The van der Waals surface area contributed by atoms with E-state index in [0.717, 1.165) is 52.4 Å². The van der Waals surface area contributed by atoms with E-state index in [1.165, 1.54) is 12.8 Å². The molecule has 6 heteroatoms. The van der Waals surface area contributed by atoms with Crippen molar-refractivity contribution >= 4 is 5.96 Å². The van der Waals surface area contributed by atoms with Crippen LogP contribution in [0.3, 0.4) is 0 Å². The molecule has 0 aromatic rings.